The summed E-state index contributed by atoms with van der Waals surface area (Å²) in [7, 11) is 0. The van der Waals surface area contributed by atoms with Crippen molar-refractivity contribution in [1.82, 2.24) is 0 Å². The van der Waals surface area contributed by atoms with Crippen LogP contribution in [-0.4, -0.2) is 52.6 Å². The molecule has 0 aromatic heterocycles. The predicted octanol–water partition coefficient (Wildman–Crippen LogP) is 4.48. The Bertz CT molecular complexity index is 722. The molecule has 2 aliphatic heterocycles. The lowest BCUT2D eigenvalue weighted by atomic mass is 10.0. The van der Waals surface area contributed by atoms with E-state index in [1.807, 2.05) is 0 Å². The van der Waals surface area contributed by atoms with E-state index in [2.05, 4.69) is 78.1 Å². The summed E-state index contributed by atoms with van der Waals surface area (Å²) in [5.41, 5.74) is 5.12. The third kappa shape index (κ3) is 4.67. The van der Waals surface area contributed by atoms with Gasteiger partial charge in [-0.3, -0.25) is 0 Å². The molecule has 2 saturated heterocycles. The van der Waals surface area contributed by atoms with Gasteiger partial charge in [-0.2, -0.15) is 0 Å². The zero-order valence-electron chi connectivity index (χ0n) is 15.3. The van der Waals surface area contributed by atoms with Gasteiger partial charge >= 0.3 is 0 Å². The van der Waals surface area contributed by atoms with E-state index < -0.39 is 0 Å². The predicted molar refractivity (Wildman–Crippen MR) is 117 cm³/mol. The molecule has 4 rings (SSSR count). The minimum absolute atomic E-state index is 0.807. The van der Waals surface area contributed by atoms with Gasteiger partial charge in [-0.15, -0.1) is 0 Å². The Morgan fingerprint density at radius 3 is 1.44 bits per heavy atom. The molecule has 27 heavy (non-hydrogen) atoms. The molecular formula is C21H24Br2N2O2. The quantitative estimate of drug-likeness (QED) is 0.624. The minimum atomic E-state index is 0.807. The van der Waals surface area contributed by atoms with Gasteiger partial charge in [-0.05, 0) is 41.8 Å². The lowest BCUT2D eigenvalue weighted by Crippen LogP contribution is -2.36. The molecule has 2 aliphatic rings. The topological polar surface area (TPSA) is 24.9 Å². The Labute approximate surface area is 177 Å². The summed E-state index contributed by atoms with van der Waals surface area (Å²) in [5.74, 6) is 0. The lowest BCUT2D eigenvalue weighted by Gasteiger charge is -2.29. The maximum Gasteiger partial charge on any atom is 0.0642 e. The highest BCUT2D eigenvalue weighted by molar-refractivity contribution is 9.10. The first-order valence-corrected chi connectivity index (χ1v) is 11.0. The Hall–Kier alpha value is -1.08. The minimum Gasteiger partial charge on any atom is -0.378 e. The number of hydrogen-bond donors (Lipinski definition) is 0. The van der Waals surface area contributed by atoms with E-state index in [-0.39, 0.29) is 0 Å². The highest BCUT2D eigenvalue weighted by Gasteiger charge is 2.15. The number of halogens is 2. The second-order valence-corrected chi connectivity index (χ2v) is 8.64. The van der Waals surface area contributed by atoms with Crippen molar-refractivity contribution in [3.05, 3.63) is 56.5 Å². The molecule has 2 fully saturated rings. The molecule has 2 heterocycles. The van der Waals surface area contributed by atoms with Gasteiger partial charge in [0.05, 0.1) is 26.4 Å². The smallest absolute Gasteiger partial charge is 0.0642 e. The summed E-state index contributed by atoms with van der Waals surface area (Å²) in [6.07, 6.45) is 0.897. The highest BCUT2D eigenvalue weighted by Crippen LogP contribution is 2.30. The number of hydrogen-bond acceptors (Lipinski definition) is 4. The van der Waals surface area contributed by atoms with Crippen LogP contribution in [0.15, 0.2) is 45.3 Å². The van der Waals surface area contributed by atoms with Crippen LogP contribution in [0.1, 0.15) is 11.1 Å². The molecule has 0 N–H and O–H groups in total. The third-order valence-electron chi connectivity index (χ3n) is 5.21. The van der Waals surface area contributed by atoms with Gasteiger partial charge in [0, 0.05) is 46.5 Å². The van der Waals surface area contributed by atoms with E-state index in [0.717, 1.165) is 68.0 Å². The van der Waals surface area contributed by atoms with Crippen molar-refractivity contribution in [3.63, 3.8) is 0 Å². The zero-order chi connectivity index (χ0) is 18.6. The maximum absolute atomic E-state index is 5.45. The van der Waals surface area contributed by atoms with Crippen molar-refractivity contribution in [2.24, 2.45) is 0 Å². The van der Waals surface area contributed by atoms with Crippen LogP contribution in [0.25, 0.3) is 0 Å². The Morgan fingerprint density at radius 1 is 0.667 bits per heavy atom. The molecule has 0 amide bonds. The van der Waals surface area contributed by atoms with Crippen LogP contribution in [0.2, 0.25) is 0 Å². The molecule has 0 spiro atoms. The Kier molecular flexibility index (Phi) is 6.38. The summed E-state index contributed by atoms with van der Waals surface area (Å²) >= 11 is 7.56. The van der Waals surface area contributed by atoms with Crippen LogP contribution in [0.5, 0.6) is 0 Å². The van der Waals surface area contributed by atoms with Crippen molar-refractivity contribution >= 4 is 43.2 Å². The molecule has 0 aliphatic carbocycles. The second-order valence-electron chi connectivity index (χ2n) is 6.93. The molecule has 2 aromatic rings. The summed E-state index contributed by atoms with van der Waals surface area (Å²) in [4.78, 5) is 4.76. The maximum atomic E-state index is 5.45. The molecule has 2 aromatic carbocycles. The summed E-state index contributed by atoms with van der Waals surface area (Å²) in [5, 5.41) is 0. The Balaban J connectivity index is 1.48. The van der Waals surface area contributed by atoms with Crippen LogP contribution >= 0.6 is 31.9 Å². The van der Waals surface area contributed by atoms with Crippen LogP contribution < -0.4 is 9.80 Å². The van der Waals surface area contributed by atoms with Gasteiger partial charge < -0.3 is 19.3 Å². The van der Waals surface area contributed by atoms with Crippen molar-refractivity contribution in [1.29, 1.82) is 0 Å². The second kappa shape index (κ2) is 8.95. The van der Waals surface area contributed by atoms with Crippen LogP contribution in [0, 0.1) is 0 Å². The van der Waals surface area contributed by atoms with E-state index in [9.17, 15) is 0 Å². The van der Waals surface area contributed by atoms with Gasteiger partial charge in [0.25, 0.3) is 0 Å². The van der Waals surface area contributed by atoms with Gasteiger partial charge in [0.2, 0.25) is 0 Å². The molecule has 6 heteroatoms. The fourth-order valence-corrected chi connectivity index (χ4v) is 4.61. The average Bonchev–Trinajstić information content (AvgIpc) is 2.72. The van der Waals surface area contributed by atoms with Crippen LogP contribution in [-0.2, 0) is 15.9 Å². The zero-order valence-corrected chi connectivity index (χ0v) is 18.5. The lowest BCUT2D eigenvalue weighted by molar-refractivity contribution is 0.122. The monoisotopic (exact) mass is 494 g/mol. The van der Waals surface area contributed by atoms with E-state index in [0.29, 0.717) is 0 Å². The third-order valence-corrected chi connectivity index (χ3v) is 6.68. The number of rotatable bonds is 4. The van der Waals surface area contributed by atoms with Gasteiger partial charge in [0.15, 0.2) is 0 Å². The SMILES string of the molecule is Brc1cc(N2CCOCC2)ccc1Cc1ccc(N2CCOCC2)cc1Br. The van der Waals surface area contributed by atoms with Crippen LogP contribution in [0.3, 0.4) is 0 Å². The number of ether oxygens (including phenoxy) is 2. The van der Waals surface area contributed by atoms with E-state index in [1.165, 1.54) is 22.5 Å². The fraction of sp³-hybridized carbons (Fsp3) is 0.429. The van der Waals surface area contributed by atoms with Crippen molar-refractivity contribution in [3.8, 4) is 0 Å². The normalized spacial score (nSPS) is 18.0. The largest absolute Gasteiger partial charge is 0.378 e. The van der Waals surface area contributed by atoms with Gasteiger partial charge in [-0.1, -0.05) is 44.0 Å². The molecule has 0 unspecified atom stereocenters. The fourth-order valence-electron chi connectivity index (χ4n) is 3.60. The molecule has 0 bridgehead atoms. The summed E-state index contributed by atoms with van der Waals surface area (Å²) < 4.78 is 13.2. The summed E-state index contributed by atoms with van der Waals surface area (Å²) in [6, 6.07) is 13.4. The number of anilines is 2. The molecule has 0 atom stereocenters. The van der Waals surface area contributed by atoms with Crippen molar-refractivity contribution in [2.45, 2.75) is 6.42 Å². The van der Waals surface area contributed by atoms with E-state index in [4.69, 9.17) is 9.47 Å². The molecule has 0 saturated carbocycles. The first-order chi connectivity index (χ1) is 13.2. The standard InChI is InChI=1S/C21H24Br2N2O2/c22-20-14-18(24-5-9-26-10-6-24)3-1-16(20)13-17-2-4-19(15-21(17)23)25-7-11-27-12-8-25/h1-4,14-15H,5-13H2. The van der Waals surface area contributed by atoms with Crippen molar-refractivity contribution in [2.75, 3.05) is 62.4 Å². The van der Waals surface area contributed by atoms with Crippen LogP contribution in [0.4, 0.5) is 11.4 Å². The molecule has 4 nitrogen and oxygen atoms in total. The van der Waals surface area contributed by atoms with E-state index >= 15 is 0 Å². The number of benzene rings is 2. The number of nitrogens with zero attached hydrogens (tertiary/aromatic N) is 2. The van der Waals surface area contributed by atoms with Crippen molar-refractivity contribution < 1.29 is 9.47 Å². The van der Waals surface area contributed by atoms with E-state index in [1.54, 1.807) is 0 Å². The highest BCUT2D eigenvalue weighted by atomic mass is 79.9. The number of morpholine rings is 2. The Morgan fingerprint density at radius 2 is 1.07 bits per heavy atom. The average molecular weight is 496 g/mol. The first-order valence-electron chi connectivity index (χ1n) is 9.43. The molecule has 144 valence electrons. The van der Waals surface area contributed by atoms with Gasteiger partial charge in [0.1, 0.15) is 0 Å². The molecular weight excluding hydrogens is 472 g/mol. The first kappa shape index (κ1) is 19.2. The summed E-state index contributed by atoms with van der Waals surface area (Å²) in [6.45, 7) is 7.06. The van der Waals surface area contributed by atoms with Gasteiger partial charge in [-0.25, -0.2) is 0 Å². The molecule has 0 radical (unpaired) electrons.